The van der Waals surface area contributed by atoms with E-state index >= 15 is 0 Å². The van der Waals surface area contributed by atoms with E-state index < -0.39 is 11.8 Å². The number of halogens is 1. The zero-order chi connectivity index (χ0) is 12.4. The SMILES string of the molecule is COC(=O)Cn1ccc(=O)c2cccc(F)c21. The van der Waals surface area contributed by atoms with Crippen molar-refractivity contribution in [2.24, 2.45) is 0 Å². The van der Waals surface area contributed by atoms with E-state index in [1.54, 1.807) is 0 Å². The quantitative estimate of drug-likeness (QED) is 0.737. The van der Waals surface area contributed by atoms with E-state index in [1.807, 2.05) is 0 Å². The molecule has 17 heavy (non-hydrogen) atoms. The molecule has 0 aliphatic heterocycles. The molecule has 0 radical (unpaired) electrons. The number of carbonyl (C=O) groups excluding carboxylic acids is 1. The summed E-state index contributed by atoms with van der Waals surface area (Å²) in [5.41, 5.74) is -0.161. The molecule has 0 saturated carbocycles. The molecular weight excluding hydrogens is 225 g/mol. The molecule has 0 fully saturated rings. The predicted molar refractivity (Wildman–Crippen MR) is 60.2 cm³/mol. The van der Waals surface area contributed by atoms with Crippen molar-refractivity contribution < 1.29 is 13.9 Å². The van der Waals surface area contributed by atoms with Crippen LogP contribution in [0.25, 0.3) is 10.9 Å². The van der Waals surface area contributed by atoms with Crippen molar-refractivity contribution in [3.05, 3.63) is 46.5 Å². The number of pyridine rings is 1. The normalized spacial score (nSPS) is 10.5. The molecule has 0 atom stereocenters. The van der Waals surface area contributed by atoms with Crippen LogP contribution in [-0.2, 0) is 16.1 Å². The largest absolute Gasteiger partial charge is 0.468 e. The Morgan fingerprint density at radius 1 is 1.41 bits per heavy atom. The summed E-state index contributed by atoms with van der Waals surface area (Å²) in [6.45, 7) is -0.131. The highest BCUT2D eigenvalue weighted by molar-refractivity contribution is 5.81. The first kappa shape index (κ1) is 11.3. The van der Waals surface area contributed by atoms with Crippen molar-refractivity contribution in [1.82, 2.24) is 4.57 Å². The van der Waals surface area contributed by atoms with Crippen LogP contribution in [0.15, 0.2) is 35.3 Å². The third-order valence-electron chi connectivity index (χ3n) is 2.47. The Kier molecular flexibility index (Phi) is 2.91. The minimum Gasteiger partial charge on any atom is -0.468 e. The second kappa shape index (κ2) is 4.37. The van der Waals surface area contributed by atoms with Gasteiger partial charge in [-0.1, -0.05) is 6.07 Å². The number of benzene rings is 1. The van der Waals surface area contributed by atoms with Gasteiger partial charge in [-0.3, -0.25) is 9.59 Å². The van der Waals surface area contributed by atoms with Gasteiger partial charge in [-0.05, 0) is 12.1 Å². The monoisotopic (exact) mass is 235 g/mol. The molecule has 5 heteroatoms. The van der Waals surface area contributed by atoms with Gasteiger partial charge < -0.3 is 9.30 Å². The van der Waals surface area contributed by atoms with Gasteiger partial charge in [0.1, 0.15) is 12.4 Å². The van der Waals surface area contributed by atoms with E-state index in [4.69, 9.17) is 0 Å². The van der Waals surface area contributed by atoms with Crippen molar-refractivity contribution in [3.8, 4) is 0 Å². The number of hydrogen-bond donors (Lipinski definition) is 0. The summed E-state index contributed by atoms with van der Waals surface area (Å²) < 4.78 is 19.5. The Bertz CT molecular complexity index is 633. The highest BCUT2D eigenvalue weighted by Crippen LogP contribution is 2.14. The Balaban J connectivity index is 2.68. The molecule has 0 saturated heterocycles. The summed E-state index contributed by atoms with van der Waals surface area (Å²) in [5.74, 6) is -1.04. The summed E-state index contributed by atoms with van der Waals surface area (Å²) >= 11 is 0. The molecule has 1 aromatic heterocycles. The van der Waals surface area contributed by atoms with E-state index in [9.17, 15) is 14.0 Å². The van der Waals surface area contributed by atoms with Crippen LogP contribution in [0.1, 0.15) is 0 Å². The van der Waals surface area contributed by atoms with E-state index in [2.05, 4.69) is 4.74 Å². The van der Waals surface area contributed by atoms with Gasteiger partial charge in [-0.2, -0.15) is 0 Å². The summed E-state index contributed by atoms with van der Waals surface area (Å²) in [6.07, 6.45) is 1.38. The van der Waals surface area contributed by atoms with Crippen molar-refractivity contribution in [2.45, 2.75) is 6.54 Å². The Morgan fingerprint density at radius 3 is 2.88 bits per heavy atom. The van der Waals surface area contributed by atoms with E-state index in [0.29, 0.717) is 0 Å². The second-order valence-electron chi connectivity index (χ2n) is 3.52. The minimum atomic E-state index is -0.538. The summed E-state index contributed by atoms with van der Waals surface area (Å²) in [6, 6.07) is 5.52. The molecule has 0 bridgehead atoms. The molecule has 0 aliphatic rings. The number of esters is 1. The van der Waals surface area contributed by atoms with Crippen LogP contribution in [0.2, 0.25) is 0 Å². The number of hydrogen-bond acceptors (Lipinski definition) is 3. The van der Waals surface area contributed by atoms with Crippen molar-refractivity contribution >= 4 is 16.9 Å². The van der Waals surface area contributed by atoms with Crippen molar-refractivity contribution in [1.29, 1.82) is 0 Å². The number of aromatic nitrogens is 1. The maximum Gasteiger partial charge on any atom is 0.325 e. The lowest BCUT2D eigenvalue weighted by Gasteiger charge is -2.09. The van der Waals surface area contributed by atoms with Gasteiger partial charge in [0.25, 0.3) is 0 Å². The summed E-state index contributed by atoms with van der Waals surface area (Å²) in [4.78, 5) is 22.7. The van der Waals surface area contributed by atoms with Crippen molar-refractivity contribution in [3.63, 3.8) is 0 Å². The number of fused-ring (bicyclic) bond motifs is 1. The van der Waals surface area contributed by atoms with Gasteiger partial charge in [-0.25, -0.2) is 4.39 Å². The predicted octanol–water partition coefficient (Wildman–Crippen LogP) is 1.31. The fourth-order valence-corrected chi connectivity index (χ4v) is 1.66. The highest BCUT2D eigenvalue weighted by atomic mass is 19.1. The lowest BCUT2D eigenvalue weighted by Crippen LogP contribution is -2.15. The van der Waals surface area contributed by atoms with Crippen LogP contribution in [0.5, 0.6) is 0 Å². The molecule has 2 aromatic rings. The number of rotatable bonds is 2. The first-order valence-electron chi connectivity index (χ1n) is 4.98. The van der Waals surface area contributed by atoms with Gasteiger partial charge in [0.2, 0.25) is 0 Å². The van der Waals surface area contributed by atoms with Crippen molar-refractivity contribution in [2.75, 3.05) is 7.11 Å². The number of para-hydroxylation sites is 1. The molecule has 0 aliphatic carbocycles. The standard InChI is InChI=1S/C12H10FNO3/c1-17-11(16)7-14-6-5-10(15)8-3-2-4-9(13)12(8)14/h2-6H,7H2,1H3. The Labute approximate surface area is 96.2 Å². The van der Waals surface area contributed by atoms with Crippen LogP contribution >= 0.6 is 0 Å². The number of carbonyl (C=O) groups is 1. The van der Waals surface area contributed by atoms with Gasteiger partial charge >= 0.3 is 5.97 Å². The average Bonchev–Trinajstić information content (AvgIpc) is 2.33. The number of methoxy groups -OCH3 is 1. The number of nitrogens with zero attached hydrogens (tertiary/aromatic N) is 1. The third-order valence-corrected chi connectivity index (χ3v) is 2.47. The minimum absolute atomic E-state index is 0.116. The maximum atomic E-state index is 13.7. The van der Waals surface area contributed by atoms with Gasteiger partial charge in [-0.15, -0.1) is 0 Å². The Morgan fingerprint density at radius 2 is 2.18 bits per heavy atom. The average molecular weight is 235 g/mol. The molecule has 2 rings (SSSR count). The molecular formula is C12H10FNO3. The molecule has 1 aromatic carbocycles. The van der Waals surface area contributed by atoms with E-state index in [-0.39, 0.29) is 22.9 Å². The second-order valence-corrected chi connectivity index (χ2v) is 3.52. The summed E-state index contributed by atoms with van der Waals surface area (Å²) in [7, 11) is 1.25. The summed E-state index contributed by atoms with van der Waals surface area (Å²) in [5, 5.41) is 0.247. The number of ether oxygens (including phenoxy) is 1. The fourth-order valence-electron chi connectivity index (χ4n) is 1.66. The van der Waals surface area contributed by atoms with E-state index in [0.717, 1.165) is 0 Å². The van der Waals surface area contributed by atoms with Crippen LogP contribution in [0.3, 0.4) is 0 Å². The Hall–Kier alpha value is -2.17. The van der Waals surface area contributed by atoms with Gasteiger partial charge in [0, 0.05) is 17.6 Å². The first-order chi connectivity index (χ1) is 8.13. The topological polar surface area (TPSA) is 48.3 Å². The molecule has 88 valence electrons. The smallest absolute Gasteiger partial charge is 0.325 e. The zero-order valence-electron chi connectivity index (χ0n) is 9.14. The fraction of sp³-hybridized carbons (Fsp3) is 0.167. The molecule has 0 unspecified atom stereocenters. The molecule has 4 nitrogen and oxygen atoms in total. The first-order valence-corrected chi connectivity index (χ1v) is 4.98. The molecule has 0 N–H and O–H groups in total. The van der Waals surface area contributed by atoms with Gasteiger partial charge in [0.15, 0.2) is 5.43 Å². The van der Waals surface area contributed by atoms with Gasteiger partial charge in [0.05, 0.1) is 12.6 Å². The van der Waals surface area contributed by atoms with Crippen LogP contribution in [-0.4, -0.2) is 17.6 Å². The van der Waals surface area contributed by atoms with E-state index in [1.165, 1.54) is 42.1 Å². The van der Waals surface area contributed by atoms with Crippen LogP contribution < -0.4 is 5.43 Å². The molecule has 1 heterocycles. The third kappa shape index (κ3) is 2.04. The lowest BCUT2D eigenvalue weighted by molar-refractivity contribution is -0.141. The molecule has 0 amide bonds. The zero-order valence-corrected chi connectivity index (χ0v) is 9.14. The van der Waals surface area contributed by atoms with Crippen LogP contribution in [0.4, 0.5) is 4.39 Å². The molecule has 0 spiro atoms. The maximum absolute atomic E-state index is 13.7. The van der Waals surface area contributed by atoms with Crippen LogP contribution in [0, 0.1) is 5.82 Å². The lowest BCUT2D eigenvalue weighted by atomic mass is 10.2. The highest BCUT2D eigenvalue weighted by Gasteiger charge is 2.10.